The molecule has 1 aromatic heterocycles. The highest BCUT2D eigenvalue weighted by Crippen LogP contribution is 2.37. The molecule has 2 heterocycles. The van der Waals surface area contributed by atoms with Crippen LogP contribution in [-0.4, -0.2) is 31.8 Å². The lowest BCUT2D eigenvalue weighted by Gasteiger charge is -2.09. The molecule has 8 heteroatoms. The van der Waals surface area contributed by atoms with E-state index in [1.807, 2.05) is 0 Å². The maximum atomic E-state index is 11.9. The average Bonchev–Trinajstić information content (AvgIpc) is 3.42. The number of tetrazole rings is 1. The van der Waals surface area contributed by atoms with Gasteiger partial charge in [0.05, 0.1) is 6.54 Å². The van der Waals surface area contributed by atoms with E-state index >= 15 is 0 Å². The molecule has 116 valence electrons. The van der Waals surface area contributed by atoms with Crippen molar-refractivity contribution in [3.05, 3.63) is 5.82 Å². The normalized spacial score (nSPS) is 18.0. The first-order chi connectivity index (χ1) is 10.7. The van der Waals surface area contributed by atoms with Crippen molar-refractivity contribution < 1.29 is 4.79 Å². The van der Waals surface area contributed by atoms with Crippen molar-refractivity contribution in [1.82, 2.24) is 25.5 Å². The lowest BCUT2D eigenvalue weighted by Crippen LogP contribution is -2.26. The molecule has 0 aromatic carbocycles. The summed E-state index contributed by atoms with van der Waals surface area (Å²) in [6.07, 6.45) is 10.0. The van der Waals surface area contributed by atoms with Gasteiger partial charge in [0, 0.05) is 32.2 Å². The molecular formula is C14H19N7O. The molecule has 0 radical (unpaired) electrons. The third-order valence-electron chi connectivity index (χ3n) is 3.98. The van der Waals surface area contributed by atoms with Crippen LogP contribution < -0.4 is 5.32 Å². The van der Waals surface area contributed by atoms with Gasteiger partial charge in [-0.25, -0.2) is 4.68 Å². The molecule has 0 unspecified atom stereocenters. The lowest BCUT2D eigenvalue weighted by atomic mass is 10.0. The molecular weight excluding hydrogens is 282 g/mol. The van der Waals surface area contributed by atoms with Crippen LogP contribution >= 0.6 is 0 Å². The van der Waals surface area contributed by atoms with E-state index in [4.69, 9.17) is 6.42 Å². The number of amides is 1. The Balaban J connectivity index is 1.39. The van der Waals surface area contributed by atoms with E-state index in [1.54, 1.807) is 4.68 Å². The van der Waals surface area contributed by atoms with Crippen LogP contribution in [0.3, 0.4) is 0 Å². The number of rotatable bonds is 9. The summed E-state index contributed by atoms with van der Waals surface area (Å²) in [5.41, 5.74) is -0.405. The van der Waals surface area contributed by atoms with Gasteiger partial charge in [0.1, 0.15) is 0 Å². The molecule has 1 amide bonds. The van der Waals surface area contributed by atoms with Gasteiger partial charge in [-0.05, 0) is 29.2 Å². The smallest absolute Gasteiger partial charge is 0.220 e. The molecule has 1 fully saturated rings. The van der Waals surface area contributed by atoms with Gasteiger partial charge < -0.3 is 5.32 Å². The highest BCUT2D eigenvalue weighted by atomic mass is 16.1. The fourth-order valence-corrected chi connectivity index (χ4v) is 2.28. The Hall–Kier alpha value is -2.30. The minimum Gasteiger partial charge on any atom is -0.349 e. The third-order valence-corrected chi connectivity index (χ3v) is 3.98. The van der Waals surface area contributed by atoms with E-state index in [0.29, 0.717) is 37.5 Å². The van der Waals surface area contributed by atoms with Gasteiger partial charge >= 0.3 is 0 Å². The Morgan fingerprint density at radius 1 is 1.41 bits per heavy atom. The van der Waals surface area contributed by atoms with Crippen LogP contribution in [0.2, 0.25) is 0 Å². The molecule has 1 N–H and O–H groups in total. The lowest BCUT2D eigenvalue weighted by molar-refractivity contribution is -0.121. The minimum atomic E-state index is -0.405. The Morgan fingerprint density at radius 2 is 2.23 bits per heavy atom. The van der Waals surface area contributed by atoms with Crippen molar-refractivity contribution in [1.29, 1.82) is 0 Å². The van der Waals surface area contributed by atoms with Gasteiger partial charge in [0.15, 0.2) is 11.5 Å². The van der Waals surface area contributed by atoms with Gasteiger partial charge in [-0.1, -0.05) is 0 Å². The number of hydrogen-bond donors (Lipinski definition) is 1. The number of aromatic nitrogens is 4. The van der Waals surface area contributed by atoms with Gasteiger partial charge in [-0.15, -0.1) is 17.4 Å². The second-order valence-corrected chi connectivity index (χ2v) is 5.88. The summed E-state index contributed by atoms with van der Waals surface area (Å²) in [5.74, 6) is 3.92. The fourth-order valence-electron chi connectivity index (χ4n) is 2.28. The molecule has 1 aliphatic carbocycles. The Labute approximate surface area is 128 Å². The Morgan fingerprint density at radius 3 is 2.91 bits per heavy atom. The van der Waals surface area contributed by atoms with E-state index in [9.17, 15) is 4.79 Å². The summed E-state index contributed by atoms with van der Waals surface area (Å²) in [4.78, 5) is 11.9. The van der Waals surface area contributed by atoms with Crippen LogP contribution in [0.1, 0.15) is 44.3 Å². The number of nitrogens with zero attached hydrogens (tertiary/aromatic N) is 6. The van der Waals surface area contributed by atoms with E-state index in [0.717, 1.165) is 13.0 Å². The topological polar surface area (TPSA) is 97.4 Å². The quantitative estimate of drug-likeness (QED) is 0.689. The number of carbonyl (C=O) groups is 1. The van der Waals surface area contributed by atoms with Gasteiger partial charge in [-0.3, -0.25) is 4.79 Å². The molecule has 22 heavy (non-hydrogen) atoms. The van der Waals surface area contributed by atoms with Crippen LogP contribution in [0.25, 0.3) is 0 Å². The zero-order valence-electron chi connectivity index (χ0n) is 12.4. The first-order valence-electron chi connectivity index (χ1n) is 7.60. The first-order valence-corrected chi connectivity index (χ1v) is 7.60. The number of nitrogens with one attached hydrogen (secondary N) is 1. The van der Waals surface area contributed by atoms with Crippen molar-refractivity contribution in [3.8, 4) is 12.3 Å². The summed E-state index contributed by atoms with van der Waals surface area (Å²) < 4.78 is 1.78. The molecule has 0 atom stereocenters. The number of terminal acetylenes is 1. The van der Waals surface area contributed by atoms with Crippen molar-refractivity contribution >= 4 is 5.91 Å². The average molecular weight is 301 g/mol. The van der Waals surface area contributed by atoms with Crippen LogP contribution in [-0.2, 0) is 17.9 Å². The van der Waals surface area contributed by atoms with Crippen LogP contribution in [0.4, 0.5) is 0 Å². The molecule has 8 nitrogen and oxygen atoms in total. The zero-order chi connectivity index (χ0) is 15.4. The molecule has 0 spiro atoms. The Kier molecular flexibility index (Phi) is 4.13. The maximum absolute atomic E-state index is 11.9. The molecule has 1 saturated carbocycles. The van der Waals surface area contributed by atoms with Gasteiger partial charge in [-0.2, -0.15) is 10.2 Å². The first kappa shape index (κ1) is 14.6. The number of carbonyl (C=O) groups excluding carboxylic acids is 1. The predicted molar refractivity (Wildman–Crippen MR) is 77.3 cm³/mol. The minimum absolute atomic E-state index is 0.0432. The maximum Gasteiger partial charge on any atom is 0.220 e. The van der Waals surface area contributed by atoms with Crippen LogP contribution in [0, 0.1) is 18.3 Å². The molecule has 0 bridgehead atoms. The standard InChI is InChI=1S/C14H19N7O/c1-2-3-7-14(17-18-14)8-6-13(22)15-9-12-16-19-20-21(12)10-11-4-5-11/h1,11H,3-10H2,(H,15,22). The van der Waals surface area contributed by atoms with E-state index in [1.165, 1.54) is 12.8 Å². The van der Waals surface area contributed by atoms with Crippen molar-refractivity contribution in [3.63, 3.8) is 0 Å². The second-order valence-electron chi connectivity index (χ2n) is 5.88. The highest BCUT2D eigenvalue weighted by Gasteiger charge is 2.39. The monoisotopic (exact) mass is 301 g/mol. The Bertz CT molecular complexity index is 605. The molecule has 0 saturated heterocycles. The van der Waals surface area contributed by atoms with E-state index in [2.05, 4.69) is 37.0 Å². The predicted octanol–water partition coefficient (Wildman–Crippen LogP) is 1.05. The largest absolute Gasteiger partial charge is 0.349 e. The fraction of sp³-hybridized carbons (Fsp3) is 0.714. The zero-order valence-corrected chi connectivity index (χ0v) is 12.4. The summed E-state index contributed by atoms with van der Waals surface area (Å²) in [6.45, 7) is 1.19. The van der Waals surface area contributed by atoms with Crippen molar-refractivity contribution in [2.24, 2.45) is 16.1 Å². The van der Waals surface area contributed by atoms with E-state index in [-0.39, 0.29) is 5.91 Å². The summed E-state index contributed by atoms with van der Waals surface area (Å²) in [5, 5.41) is 22.5. The molecule has 2 aliphatic rings. The molecule has 1 aliphatic heterocycles. The van der Waals surface area contributed by atoms with Gasteiger partial charge in [0.2, 0.25) is 5.91 Å². The van der Waals surface area contributed by atoms with Gasteiger partial charge in [0.25, 0.3) is 0 Å². The van der Waals surface area contributed by atoms with Crippen molar-refractivity contribution in [2.75, 3.05) is 0 Å². The van der Waals surface area contributed by atoms with Crippen molar-refractivity contribution in [2.45, 2.75) is 57.3 Å². The molecule has 1 aromatic rings. The highest BCUT2D eigenvalue weighted by molar-refractivity contribution is 5.75. The van der Waals surface area contributed by atoms with E-state index < -0.39 is 5.66 Å². The third kappa shape index (κ3) is 3.87. The molecule has 3 rings (SSSR count). The summed E-state index contributed by atoms with van der Waals surface area (Å²) in [7, 11) is 0. The SMILES string of the molecule is C#CCCC1(CCC(=O)NCc2nnnn2CC2CC2)N=N1. The summed E-state index contributed by atoms with van der Waals surface area (Å²) >= 11 is 0. The second kappa shape index (κ2) is 6.22. The number of hydrogen-bond acceptors (Lipinski definition) is 6. The van der Waals surface area contributed by atoms with Crippen LogP contribution in [0.15, 0.2) is 10.2 Å². The summed E-state index contributed by atoms with van der Waals surface area (Å²) in [6, 6.07) is 0. The van der Waals surface area contributed by atoms with Crippen LogP contribution in [0.5, 0.6) is 0 Å².